The van der Waals surface area contributed by atoms with Crippen molar-refractivity contribution in [2.45, 2.75) is 239 Å². The normalized spacial score (nSPS) is 12.5. The van der Waals surface area contributed by atoms with Gasteiger partial charge in [-0.3, -0.25) is 14.4 Å². The van der Waals surface area contributed by atoms with Gasteiger partial charge >= 0.3 is 17.9 Å². The highest BCUT2D eigenvalue weighted by molar-refractivity contribution is 5.71. The summed E-state index contributed by atoms with van der Waals surface area (Å²) in [7, 11) is 0. The molecule has 1 atom stereocenters. The Morgan fingerprint density at radius 1 is 0.362 bits per heavy atom. The van der Waals surface area contributed by atoms with Crippen LogP contribution in [0.3, 0.4) is 0 Å². The first-order valence-electron chi connectivity index (χ1n) is 24.3. The fourth-order valence-electron chi connectivity index (χ4n) is 6.60. The molecule has 0 aliphatic carbocycles. The third-order valence-electron chi connectivity index (χ3n) is 10.3. The summed E-state index contributed by atoms with van der Waals surface area (Å²) in [6, 6.07) is 0. The average molecular weight is 811 g/mol. The quantitative estimate of drug-likeness (QED) is 0.0264. The van der Waals surface area contributed by atoms with Crippen molar-refractivity contribution in [3.63, 3.8) is 0 Å². The molecule has 0 spiro atoms. The van der Waals surface area contributed by atoms with E-state index in [1.807, 2.05) is 0 Å². The molecule has 1 unspecified atom stereocenters. The number of hydrogen-bond donors (Lipinski definition) is 0. The third kappa shape index (κ3) is 44.2. The highest BCUT2D eigenvalue weighted by atomic mass is 16.6. The van der Waals surface area contributed by atoms with Gasteiger partial charge in [0.05, 0.1) is 0 Å². The third-order valence-corrected chi connectivity index (χ3v) is 10.3. The number of rotatable bonds is 43. The molecule has 0 aromatic rings. The summed E-state index contributed by atoms with van der Waals surface area (Å²) in [4.78, 5) is 37.7. The van der Waals surface area contributed by atoms with Gasteiger partial charge in [-0.25, -0.2) is 0 Å². The van der Waals surface area contributed by atoms with Gasteiger partial charge in [-0.15, -0.1) is 0 Å². The van der Waals surface area contributed by atoms with Crippen LogP contribution in [0.15, 0.2) is 60.8 Å². The SMILES string of the molecule is CC/C=C\C/C=C\C/C=C\CCCCCCCCCC(=O)OCC(COC(=O)CCCCCCCC)OC(=O)CCCCCCCCC/C=C\C/C=C\CCCCC. The number of esters is 3. The van der Waals surface area contributed by atoms with Gasteiger partial charge in [0.1, 0.15) is 13.2 Å². The number of hydrogen-bond acceptors (Lipinski definition) is 6. The van der Waals surface area contributed by atoms with E-state index in [4.69, 9.17) is 14.2 Å². The molecule has 6 heteroatoms. The van der Waals surface area contributed by atoms with Crippen molar-refractivity contribution in [1.82, 2.24) is 0 Å². The lowest BCUT2D eigenvalue weighted by Gasteiger charge is -2.18. The fourth-order valence-corrected chi connectivity index (χ4v) is 6.60. The van der Waals surface area contributed by atoms with Gasteiger partial charge in [0.15, 0.2) is 6.10 Å². The highest BCUT2D eigenvalue weighted by Crippen LogP contribution is 2.14. The Labute approximate surface area is 358 Å². The van der Waals surface area contributed by atoms with Gasteiger partial charge in [0.25, 0.3) is 0 Å². The summed E-state index contributed by atoms with van der Waals surface area (Å²) in [5, 5.41) is 0. The lowest BCUT2D eigenvalue weighted by Crippen LogP contribution is -2.30. The average Bonchev–Trinajstić information content (AvgIpc) is 3.22. The topological polar surface area (TPSA) is 78.9 Å². The van der Waals surface area contributed by atoms with E-state index in [9.17, 15) is 14.4 Å². The van der Waals surface area contributed by atoms with Crippen LogP contribution in [0.25, 0.3) is 0 Å². The second-order valence-corrected chi connectivity index (χ2v) is 16.0. The van der Waals surface area contributed by atoms with E-state index >= 15 is 0 Å². The monoisotopic (exact) mass is 811 g/mol. The molecule has 334 valence electrons. The van der Waals surface area contributed by atoms with Crippen LogP contribution in [0.4, 0.5) is 0 Å². The number of unbranched alkanes of at least 4 members (excludes halogenated alkanes) is 22. The van der Waals surface area contributed by atoms with E-state index in [1.54, 1.807) is 0 Å². The molecule has 0 saturated heterocycles. The maximum Gasteiger partial charge on any atom is 0.306 e. The van der Waals surface area contributed by atoms with Crippen molar-refractivity contribution in [3.8, 4) is 0 Å². The maximum atomic E-state index is 12.7. The Kier molecular flexibility index (Phi) is 44.5. The van der Waals surface area contributed by atoms with Crippen LogP contribution in [-0.4, -0.2) is 37.2 Å². The van der Waals surface area contributed by atoms with Crippen molar-refractivity contribution in [1.29, 1.82) is 0 Å². The predicted octanol–water partition coefficient (Wildman–Crippen LogP) is 15.7. The van der Waals surface area contributed by atoms with Gasteiger partial charge < -0.3 is 14.2 Å². The zero-order chi connectivity index (χ0) is 42.3. The van der Waals surface area contributed by atoms with E-state index in [2.05, 4.69) is 81.5 Å². The summed E-state index contributed by atoms with van der Waals surface area (Å²) >= 11 is 0. The van der Waals surface area contributed by atoms with Crippen molar-refractivity contribution < 1.29 is 28.6 Å². The molecule has 0 heterocycles. The van der Waals surface area contributed by atoms with Gasteiger partial charge in [0, 0.05) is 19.3 Å². The zero-order valence-corrected chi connectivity index (χ0v) is 38.0. The van der Waals surface area contributed by atoms with Crippen LogP contribution in [0.2, 0.25) is 0 Å². The molecule has 0 N–H and O–H groups in total. The van der Waals surface area contributed by atoms with E-state index in [0.29, 0.717) is 19.3 Å². The van der Waals surface area contributed by atoms with Crippen molar-refractivity contribution in [2.24, 2.45) is 0 Å². The standard InChI is InChI=1S/C52H90O6/c1-4-7-10-13-16-18-20-22-24-26-28-30-32-34-36-39-42-45-51(54)57-48-49(47-56-50(53)44-41-38-15-12-9-6-3)58-52(55)46-43-40-37-35-33-31-29-27-25-23-21-19-17-14-11-8-5-2/h7,10,16-19,22-25,49H,4-6,8-9,11-15,20-21,26-48H2,1-3H3/b10-7-,18-16-,19-17-,24-22-,25-23-. The Hall–Kier alpha value is -2.89. The number of carbonyl (C=O) groups is 3. The van der Waals surface area contributed by atoms with Crippen LogP contribution < -0.4 is 0 Å². The molecule has 0 aliphatic rings. The molecule has 0 fully saturated rings. The molecule has 0 aliphatic heterocycles. The first-order valence-corrected chi connectivity index (χ1v) is 24.3. The minimum atomic E-state index is -0.778. The van der Waals surface area contributed by atoms with Crippen LogP contribution >= 0.6 is 0 Å². The van der Waals surface area contributed by atoms with Crippen LogP contribution in [-0.2, 0) is 28.6 Å². The van der Waals surface area contributed by atoms with Gasteiger partial charge in [-0.1, -0.05) is 191 Å². The van der Waals surface area contributed by atoms with E-state index in [-0.39, 0.29) is 31.1 Å². The smallest absolute Gasteiger partial charge is 0.306 e. The van der Waals surface area contributed by atoms with Crippen LogP contribution in [0.5, 0.6) is 0 Å². The fraction of sp³-hybridized carbons (Fsp3) is 0.750. The lowest BCUT2D eigenvalue weighted by atomic mass is 10.1. The molecule has 0 saturated carbocycles. The summed E-state index contributed by atoms with van der Waals surface area (Å²) in [5.74, 6) is -0.908. The molecular formula is C52H90O6. The predicted molar refractivity (Wildman–Crippen MR) is 247 cm³/mol. The second kappa shape index (κ2) is 46.8. The van der Waals surface area contributed by atoms with Crippen molar-refractivity contribution in [3.05, 3.63) is 60.8 Å². The summed E-state index contributed by atoms with van der Waals surface area (Å²) in [6.45, 7) is 6.42. The van der Waals surface area contributed by atoms with E-state index in [1.165, 1.54) is 96.3 Å². The molecule has 58 heavy (non-hydrogen) atoms. The summed E-state index contributed by atoms with van der Waals surface area (Å²) in [5.41, 5.74) is 0. The Balaban J connectivity index is 4.27. The lowest BCUT2D eigenvalue weighted by molar-refractivity contribution is -0.167. The Morgan fingerprint density at radius 3 is 1.09 bits per heavy atom. The van der Waals surface area contributed by atoms with Crippen LogP contribution in [0, 0.1) is 0 Å². The van der Waals surface area contributed by atoms with Crippen molar-refractivity contribution >= 4 is 17.9 Å². The van der Waals surface area contributed by atoms with Crippen molar-refractivity contribution in [2.75, 3.05) is 13.2 Å². The first-order chi connectivity index (χ1) is 28.5. The van der Waals surface area contributed by atoms with Gasteiger partial charge in [-0.2, -0.15) is 0 Å². The Morgan fingerprint density at radius 2 is 0.672 bits per heavy atom. The molecule has 0 radical (unpaired) electrons. The minimum absolute atomic E-state index is 0.0809. The molecule has 0 aromatic heterocycles. The maximum absolute atomic E-state index is 12.7. The van der Waals surface area contributed by atoms with E-state index < -0.39 is 6.10 Å². The number of allylic oxidation sites excluding steroid dienone is 10. The van der Waals surface area contributed by atoms with Gasteiger partial charge in [0.2, 0.25) is 0 Å². The largest absolute Gasteiger partial charge is 0.462 e. The molecule has 6 nitrogen and oxygen atoms in total. The molecular weight excluding hydrogens is 721 g/mol. The minimum Gasteiger partial charge on any atom is -0.462 e. The van der Waals surface area contributed by atoms with E-state index in [0.717, 1.165) is 96.3 Å². The molecule has 0 amide bonds. The molecule has 0 aromatic carbocycles. The number of carbonyl (C=O) groups excluding carboxylic acids is 3. The number of ether oxygens (including phenoxy) is 3. The zero-order valence-electron chi connectivity index (χ0n) is 38.0. The summed E-state index contributed by atoms with van der Waals surface area (Å²) in [6.07, 6.45) is 56.5. The molecule has 0 bridgehead atoms. The highest BCUT2D eigenvalue weighted by Gasteiger charge is 2.19. The molecule has 0 rings (SSSR count). The summed E-state index contributed by atoms with van der Waals surface area (Å²) < 4.78 is 16.7. The second-order valence-electron chi connectivity index (χ2n) is 16.0. The van der Waals surface area contributed by atoms with Gasteiger partial charge in [-0.05, 0) is 83.5 Å². The first kappa shape index (κ1) is 55.1. The van der Waals surface area contributed by atoms with Crippen LogP contribution in [0.1, 0.15) is 233 Å². The Bertz CT molecular complexity index is 1070.